The first-order valence-electron chi connectivity index (χ1n) is 8.33. The highest BCUT2D eigenvalue weighted by Crippen LogP contribution is 2.31. The quantitative estimate of drug-likeness (QED) is 0.715. The Morgan fingerprint density at radius 1 is 1.31 bits per heavy atom. The van der Waals surface area contributed by atoms with Gasteiger partial charge in [-0.3, -0.25) is 19.2 Å². The topological polar surface area (TPSA) is 83.5 Å². The van der Waals surface area contributed by atoms with Crippen molar-refractivity contribution in [2.75, 3.05) is 24.1 Å². The van der Waals surface area contributed by atoms with Crippen molar-refractivity contribution in [2.45, 2.75) is 31.7 Å². The predicted molar refractivity (Wildman–Crippen MR) is 104 cm³/mol. The van der Waals surface area contributed by atoms with Crippen molar-refractivity contribution in [2.24, 2.45) is 5.92 Å². The molecule has 4 rings (SSSR count). The van der Waals surface area contributed by atoms with Crippen LogP contribution in [-0.2, 0) is 14.8 Å². The second-order valence-corrected chi connectivity index (χ2v) is 8.91. The first-order chi connectivity index (χ1) is 11.7. The molecule has 1 unspecified atom stereocenters. The highest BCUT2D eigenvalue weighted by atomic mass is 35.5. The second kappa shape index (κ2) is 8.25. The van der Waals surface area contributed by atoms with Gasteiger partial charge in [-0.05, 0) is 50.6 Å². The number of ketones is 2. The Balaban J connectivity index is 0.00000243. The van der Waals surface area contributed by atoms with Gasteiger partial charge in [0.25, 0.3) is 0 Å². The molecule has 1 aromatic carbocycles. The van der Waals surface area contributed by atoms with Crippen LogP contribution in [0.25, 0.3) is 0 Å². The van der Waals surface area contributed by atoms with Crippen LogP contribution in [0.5, 0.6) is 0 Å². The van der Waals surface area contributed by atoms with E-state index in [9.17, 15) is 18.0 Å². The lowest BCUT2D eigenvalue weighted by atomic mass is 9.80. The number of rotatable bonds is 6. The molecular weight excluding hydrogens is 399 g/mol. The summed E-state index contributed by atoms with van der Waals surface area (Å²) < 4.78 is 25.1. The molecule has 0 saturated carbocycles. The third kappa shape index (κ3) is 4.76. The van der Waals surface area contributed by atoms with E-state index in [0.717, 1.165) is 32.2 Å². The zero-order valence-corrected chi connectivity index (χ0v) is 16.8. The maximum Gasteiger partial charge on any atom is 0.229 e. The van der Waals surface area contributed by atoms with Crippen LogP contribution in [0, 0.1) is 5.92 Å². The molecule has 0 aliphatic carbocycles. The first kappa shape index (κ1) is 21.2. The molecule has 3 heterocycles. The Kier molecular flexibility index (Phi) is 6.71. The van der Waals surface area contributed by atoms with E-state index in [1.165, 1.54) is 12.1 Å². The van der Waals surface area contributed by atoms with Crippen LogP contribution in [0.4, 0.5) is 5.69 Å². The summed E-state index contributed by atoms with van der Waals surface area (Å²) in [5, 5.41) is 0.229. The molecule has 3 aliphatic heterocycles. The highest BCUT2D eigenvalue weighted by Gasteiger charge is 2.40. The summed E-state index contributed by atoms with van der Waals surface area (Å²) in [5.74, 6) is 0.302. The third-order valence-electron chi connectivity index (χ3n) is 4.93. The van der Waals surface area contributed by atoms with Crippen molar-refractivity contribution >= 4 is 51.3 Å². The average Bonchev–Trinajstić information content (AvgIpc) is 2.55. The van der Waals surface area contributed by atoms with Crippen LogP contribution in [0.3, 0.4) is 0 Å². The summed E-state index contributed by atoms with van der Waals surface area (Å²) in [5.41, 5.74) is 0.575. The Bertz CT molecular complexity index is 805. The summed E-state index contributed by atoms with van der Waals surface area (Å²) in [7, 11) is -3.48. The van der Waals surface area contributed by atoms with E-state index in [1.54, 1.807) is 6.07 Å². The van der Waals surface area contributed by atoms with Gasteiger partial charge in [0.1, 0.15) is 0 Å². The molecule has 1 aromatic rings. The lowest BCUT2D eigenvalue weighted by Crippen LogP contribution is -2.55. The van der Waals surface area contributed by atoms with Crippen LogP contribution in [0.1, 0.15) is 36.0 Å². The number of carbonyl (C=O) groups is 2. The molecule has 1 atom stereocenters. The van der Waals surface area contributed by atoms with E-state index in [-0.39, 0.29) is 53.1 Å². The summed E-state index contributed by atoms with van der Waals surface area (Å²) in [6.07, 6.45) is 3.64. The molecule has 144 valence electrons. The SMILES string of the molecule is CS(=O)(=O)Nc1cc(C(=O)CCC2C(=O)C3CCN2CC3)ccc1Cl.Cl. The molecule has 1 N–H and O–H groups in total. The van der Waals surface area contributed by atoms with Gasteiger partial charge in [0.15, 0.2) is 11.6 Å². The molecule has 3 fully saturated rings. The van der Waals surface area contributed by atoms with E-state index in [1.807, 2.05) is 0 Å². The Labute approximate surface area is 164 Å². The minimum Gasteiger partial charge on any atom is -0.298 e. The van der Waals surface area contributed by atoms with Crippen molar-refractivity contribution in [3.63, 3.8) is 0 Å². The van der Waals surface area contributed by atoms with Crippen LogP contribution in [-0.4, -0.2) is 50.3 Å². The molecular formula is C17H22Cl2N2O4S. The Hall–Kier alpha value is -1.15. The van der Waals surface area contributed by atoms with Crippen molar-refractivity contribution in [3.05, 3.63) is 28.8 Å². The van der Waals surface area contributed by atoms with Crippen molar-refractivity contribution in [1.29, 1.82) is 0 Å². The first-order valence-corrected chi connectivity index (χ1v) is 10.6. The van der Waals surface area contributed by atoms with Gasteiger partial charge in [0.05, 0.1) is 23.0 Å². The van der Waals surface area contributed by atoms with Crippen molar-refractivity contribution in [1.82, 2.24) is 4.90 Å². The second-order valence-electron chi connectivity index (χ2n) is 6.76. The van der Waals surface area contributed by atoms with Crippen LogP contribution >= 0.6 is 24.0 Å². The smallest absolute Gasteiger partial charge is 0.229 e. The molecule has 3 aliphatic rings. The van der Waals surface area contributed by atoms with Gasteiger partial charge in [-0.15, -0.1) is 12.4 Å². The average molecular weight is 421 g/mol. The molecule has 9 heteroatoms. The summed E-state index contributed by atoms with van der Waals surface area (Å²) in [4.78, 5) is 27.0. The zero-order chi connectivity index (χ0) is 18.2. The summed E-state index contributed by atoms with van der Waals surface area (Å²) in [6, 6.07) is 4.37. The molecule has 0 amide bonds. The number of hydrogen-bond acceptors (Lipinski definition) is 5. The number of sulfonamides is 1. The molecule has 6 nitrogen and oxygen atoms in total. The fraction of sp³-hybridized carbons (Fsp3) is 0.529. The molecule has 0 spiro atoms. The van der Waals surface area contributed by atoms with Gasteiger partial charge in [-0.1, -0.05) is 11.6 Å². The van der Waals surface area contributed by atoms with E-state index < -0.39 is 10.0 Å². The fourth-order valence-corrected chi connectivity index (χ4v) is 4.45. The number of nitrogens with one attached hydrogen (secondary N) is 1. The lowest BCUT2D eigenvalue weighted by molar-refractivity contribution is -0.137. The van der Waals surface area contributed by atoms with E-state index in [4.69, 9.17) is 11.6 Å². The Morgan fingerprint density at radius 3 is 2.54 bits per heavy atom. The van der Waals surface area contributed by atoms with Gasteiger partial charge in [-0.2, -0.15) is 0 Å². The summed E-state index contributed by atoms with van der Waals surface area (Å²) in [6.45, 7) is 1.86. The van der Waals surface area contributed by atoms with Crippen LogP contribution in [0.15, 0.2) is 18.2 Å². The third-order valence-corrected chi connectivity index (χ3v) is 5.85. The number of piperidine rings is 3. The van der Waals surface area contributed by atoms with Crippen molar-refractivity contribution in [3.8, 4) is 0 Å². The standard InChI is InChI=1S/C17H21ClN2O4S.ClH/c1-25(23,24)19-14-10-12(2-3-13(14)18)16(21)5-4-15-17(22)11-6-8-20(15)9-7-11;/h2-3,10-11,15,19H,4-9H2,1H3;1H. The number of carbonyl (C=O) groups excluding carboxylic acids is 2. The minimum atomic E-state index is -3.48. The van der Waals surface area contributed by atoms with E-state index in [0.29, 0.717) is 12.0 Å². The maximum atomic E-state index is 12.5. The predicted octanol–water partition coefficient (Wildman–Crippen LogP) is 2.76. The normalized spacial score (nSPS) is 24.8. The fourth-order valence-electron chi connectivity index (χ4n) is 3.66. The zero-order valence-electron chi connectivity index (χ0n) is 14.4. The number of Topliss-reactive ketones (excluding diaryl/α,β-unsaturated/α-hetero) is 2. The number of anilines is 1. The minimum absolute atomic E-state index is 0. The van der Waals surface area contributed by atoms with Gasteiger partial charge >= 0.3 is 0 Å². The number of nitrogens with zero attached hydrogens (tertiary/aromatic N) is 1. The highest BCUT2D eigenvalue weighted by molar-refractivity contribution is 7.92. The summed E-state index contributed by atoms with van der Waals surface area (Å²) >= 11 is 5.98. The van der Waals surface area contributed by atoms with E-state index >= 15 is 0 Å². The van der Waals surface area contributed by atoms with Gasteiger partial charge in [-0.25, -0.2) is 8.42 Å². The van der Waals surface area contributed by atoms with Gasteiger partial charge < -0.3 is 0 Å². The Morgan fingerprint density at radius 2 is 1.96 bits per heavy atom. The number of halogens is 2. The number of hydrogen-bond donors (Lipinski definition) is 1. The van der Waals surface area contributed by atoms with Crippen molar-refractivity contribution < 1.29 is 18.0 Å². The molecule has 2 bridgehead atoms. The largest absolute Gasteiger partial charge is 0.298 e. The molecule has 3 saturated heterocycles. The lowest BCUT2D eigenvalue weighted by Gasteiger charge is -2.44. The van der Waals surface area contributed by atoms with Gasteiger partial charge in [0.2, 0.25) is 10.0 Å². The van der Waals surface area contributed by atoms with Crippen LogP contribution < -0.4 is 4.72 Å². The van der Waals surface area contributed by atoms with Crippen LogP contribution in [0.2, 0.25) is 5.02 Å². The number of fused-ring (bicyclic) bond motifs is 3. The van der Waals surface area contributed by atoms with E-state index in [2.05, 4.69) is 9.62 Å². The monoisotopic (exact) mass is 420 g/mol. The molecule has 26 heavy (non-hydrogen) atoms. The molecule has 0 radical (unpaired) electrons. The molecule has 0 aromatic heterocycles. The van der Waals surface area contributed by atoms with Gasteiger partial charge in [0, 0.05) is 17.9 Å². The number of benzene rings is 1. The maximum absolute atomic E-state index is 12.5.